The zero-order valence-corrected chi connectivity index (χ0v) is 18.5. The van der Waals surface area contributed by atoms with E-state index in [1.54, 1.807) is 6.07 Å². The van der Waals surface area contributed by atoms with Crippen molar-refractivity contribution in [1.82, 2.24) is 15.1 Å². The lowest BCUT2D eigenvalue weighted by Gasteiger charge is -2.36. The van der Waals surface area contributed by atoms with Crippen LogP contribution in [-0.4, -0.2) is 56.6 Å². The van der Waals surface area contributed by atoms with E-state index in [0.29, 0.717) is 17.7 Å². The Bertz CT molecular complexity index is 990. The molecule has 3 N–H and O–H groups in total. The van der Waals surface area contributed by atoms with Gasteiger partial charge in [0.1, 0.15) is 11.4 Å². The van der Waals surface area contributed by atoms with E-state index in [0.717, 1.165) is 63.1 Å². The van der Waals surface area contributed by atoms with Crippen LogP contribution in [0.2, 0.25) is 0 Å². The maximum Gasteiger partial charge on any atom is 0.152 e. The van der Waals surface area contributed by atoms with Gasteiger partial charge in [0.2, 0.25) is 0 Å². The van der Waals surface area contributed by atoms with Crippen LogP contribution in [0.3, 0.4) is 0 Å². The number of aromatic hydroxyl groups is 1. The SMILES string of the molecule is C#Cc1ccc(-c2nnc(NC3CCCN(CC(C)(C)O)C3)c3c2CCCC3)c(O)c1. The lowest BCUT2D eigenvalue weighted by Crippen LogP contribution is -2.47. The first-order chi connectivity index (χ1) is 14.8. The molecular weight excluding hydrogens is 388 g/mol. The maximum atomic E-state index is 10.5. The van der Waals surface area contributed by atoms with Gasteiger partial charge < -0.3 is 15.5 Å². The first kappa shape index (κ1) is 21.6. The number of phenols is 1. The van der Waals surface area contributed by atoms with Crippen LogP contribution in [0.15, 0.2) is 18.2 Å². The largest absolute Gasteiger partial charge is 0.507 e. The molecule has 1 saturated heterocycles. The summed E-state index contributed by atoms with van der Waals surface area (Å²) in [5.41, 5.74) is 3.79. The van der Waals surface area contributed by atoms with Crippen LogP contribution in [0.25, 0.3) is 11.3 Å². The lowest BCUT2D eigenvalue weighted by molar-refractivity contribution is 0.0286. The standard InChI is InChI=1S/C25H32N4O2/c1-4-17-11-12-21(22(30)14-17)23-19-9-5-6-10-20(19)24(28-27-23)26-18-8-7-13-29(15-18)16-25(2,3)31/h1,11-12,14,18,30-31H,5-10,13,15-16H2,2-3H3,(H,26,28). The third-order valence-corrected chi connectivity index (χ3v) is 6.17. The van der Waals surface area contributed by atoms with Crippen molar-refractivity contribution < 1.29 is 10.2 Å². The average Bonchev–Trinajstić information content (AvgIpc) is 2.73. The molecule has 2 aliphatic rings. The number of nitrogens with zero attached hydrogens (tertiary/aromatic N) is 3. The van der Waals surface area contributed by atoms with Crippen LogP contribution in [0, 0.1) is 12.3 Å². The summed E-state index contributed by atoms with van der Waals surface area (Å²) in [7, 11) is 0. The van der Waals surface area contributed by atoms with E-state index >= 15 is 0 Å². The van der Waals surface area contributed by atoms with Crippen LogP contribution in [0.1, 0.15) is 56.2 Å². The van der Waals surface area contributed by atoms with E-state index in [-0.39, 0.29) is 11.8 Å². The average molecular weight is 421 g/mol. The molecule has 0 amide bonds. The normalized spacial score (nSPS) is 19.5. The van der Waals surface area contributed by atoms with Crippen LogP contribution >= 0.6 is 0 Å². The first-order valence-electron chi connectivity index (χ1n) is 11.2. The van der Waals surface area contributed by atoms with Crippen molar-refractivity contribution in [3.63, 3.8) is 0 Å². The first-order valence-corrected chi connectivity index (χ1v) is 11.2. The lowest BCUT2D eigenvalue weighted by atomic mass is 9.88. The number of rotatable bonds is 5. The minimum atomic E-state index is -0.695. The Labute approximate surface area is 184 Å². The highest BCUT2D eigenvalue weighted by Gasteiger charge is 2.27. The summed E-state index contributed by atoms with van der Waals surface area (Å²) in [6.45, 7) is 6.28. The molecule has 1 unspecified atom stereocenters. The fourth-order valence-electron chi connectivity index (χ4n) is 4.86. The van der Waals surface area contributed by atoms with Crippen molar-refractivity contribution in [3.05, 3.63) is 34.9 Å². The van der Waals surface area contributed by atoms with Gasteiger partial charge in [-0.15, -0.1) is 16.6 Å². The minimum absolute atomic E-state index is 0.146. The summed E-state index contributed by atoms with van der Waals surface area (Å²) >= 11 is 0. The number of β-amino-alcohol motifs (C(OH)–C–C–N with tert-alkyl or cyclic N) is 1. The minimum Gasteiger partial charge on any atom is -0.507 e. The van der Waals surface area contributed by atoms with Gasteiger partial charge in [-0.3, -0.25) is 4.90 Å². The smallest absolute Gasteiger partial charge is 0.152 e. The summed E-state index contributed by atoms with van der Waals surface area (Å²) in [6, 6.07) is 5.56. The van der Waals surface area contributed by atoms with Crippen LogP contribution in [0.4, 0.5) is 5.82 Å². The molecule has 1 aromatic heterocycles. The second-order valence-electron chi connectivity index (χ2n) is 9.47. The summed E-state index contributed by atoms with van der Waals surface area (Å²) in [5, 5.41) is 33.5. The topological polar surface area (TPSA) is 81.5 Å². The molecule has 1 fully saturated rings. The Hall–Kier alpha value is -2.62. The monoisotopic (exact) mass is 420 g/mol. The molecule has 1 aromatic carbocycles. The van der Waals surface area contributed by atoms with Gasteiger partial charge in [0.25, 0.3) is 0 Å². The van der Waals surface area contributed by atoms with Gasteiger partial charge in [-0.05, 0) is 82.7 Å². The summed E-state index contributed by atoms with van der Waals surface area (Å²) < 4.78 is 0. The number of nitrogens with one attached hydrogen (secondary N) is 1. The highest BCUT2D eigenvalue weighted by molar-refractivity contribution is 5.73. The third-order valence-electron chi connectivity index (χ3n) is 6.17. The van der Waals surface area contributed by atoms with Crippen LogP contribution < -0.4 is 5.32 Å². The maximum absolute atomic E-state index is 10.5. The van der Waals surface area contributed by atoms with Crippen LogP contribution in [-0.2, 0) is 12.8 Å². The number of anilines is 1. The van der Waals surface area contributed by atoms with Crippen molar-refractivity contribution in [2.75, 3.05) is 25.0 Å². The van der Waals surface area contributed by atoms with E-state index in [1.165, 1.54) is 11.1 Å². The summed E-state index contributed by atoms with van der Waals surface area (Å²) in [5.74, 6) is 3.57. The number of fused-ring (bicyclic) bond motifs is 1. The number of benzene rings is 1. The number of likely N-dealkylation sites (tertiary alicyclic amines) is 1. The number of hydrogen-bond donors (Lipinski definition) is 3. The molecule has 0 saturated carbocycles. The number of aromatic nitrogens is 2. The second kappa shape index (κ2) is 8.86. The highest BCUT2D eigenvalue weighted by Crippen LogP contribution is 2.37. The molecule has 6 nitrogen and oxygen atoms in total. The van der Waals surface area contributed by atoms with E-state index in [1.807, 2.05) is 26.0 Å². The van der Waals surface area contributed by atoms with Crippen molar-refractivity contribution in [2.24, 2.45) is 0 Å². The van der Waals surface area contributed by atoms with E-state index in [4.69, 9.17) is 6.42 Å². The van der Waals surface area contributed by atoms with E-state index < -0.39 is 5.60 Å². The van der Waals surface area contributed by atoms with E-state index in [2.05, 4.69) is 26.3 Å². The van der Waals surface area contributed by atoms with Gasteiger partial charge >= 0.3 is 0 Å². The van der Waals surface area contributed by atoms with Gasteiger partial charge in [0, 0.05) is 35.8 Å². The predicted molar refractivity (Wildman–Crippen MR) is 123 cm³/mol. The number of aliphatic hydroxyl groups is 1. The number of hydrogen-bond acceptors (Lipinski definition) is 6. The number of phenolic OH excluding ortho intramolecular Hbond substituents is 1. The number of piperidine rings is 1. The molecule has 1 aliphatic heterocycles. The third kappa shape index (κ3) is 5.00. The van der Waals surface area contributed by atoms with Gasteiger partial charge in [0.15, 0.2) is 5.82 Å². The Morgan fingerprint density at radius 2 is 1.97 bits per heavy atom. The van der Waals surface area contributed by atoms with Gasteiger partial charge in [-0.1, -0.05) is 5.92 Å². The van der Waals surface area contributed by atoms with E-state index in [9.17, 15) is 10.2 Å². The van der Waals surface area contributed by atoms with Gasteiger partial charge in [-0.25, -0.2) is 0 Å². The molecule has 164 valence electrons. The Morgan fingerprint density at radius 3 is 2.68 bits per heavy atom. The molecule has 31 heavy (non-hydrogen) atoms. The van der Waals surface area contributed by atoms with Gasteiger partial charge in [-0.2, -0.15) is 0 Å². The van der Waals surface area contributed by atoms with Crippen molar-refractivity contribution in [2.45, 2.75) is 64.0 Å². The Balaban J connectivity index is 1.60. The summed E-state index contributed by atoms with van der Waals surface area (Å²) in [6.07, 6.45) is 11.8. The van der Waals surface area contributed by atoms with Gasteiger partial charge in [0.05, 0.1) is 5.60 Å². The molecule has 2 aromatic rings. The molecule has 0 bridgehead atoms. The molecule has 1 aliphatic carbocycles. The fraction of sp³-hybridized carbons (Fsp3) is 0.520. The predicted octanol–water partition coefficient (Wildman–Crippen LogP) is 3.36. The molecule has 0 radical (unpaired) electrons. The molecule has 2 heterocycles. The quantitative estimate of drug-likeness (QED) is 0.644. The number of terminal acetylenes is 1. The molecule has 6 heteroatoms. The van der Waals surface area contributed by atoms with Crippen LogP contribution in [0.5, 0.6) is 5.75 Å². The molecule has 1 atom stereocenters. The molecule has 4 rings (SSSR count). The molecule has 0 spiro atoms. The van der Waals surface area contributed by atoms with Crippen molar-refractivity contribution >= 4 is 5.82 Å². The van der Waals surface area contributed by atoms with Crippen molar-refractivity contribution in [3.8, 4) is 29.4 Å². The zero-order valence-electron chi connectivity index (χ0n) is 18.5. The fourth-order valence-corrected chi connectivity index (χ4v) is 4.86. The Kier molecular flexibility index (Phi) is 6.17. The summed E-state index contributed by atoms with van der Waals surface area (Å²) in [4.78, 5) is 2.32. The second-order valence-corrected chi connectivity index (χ2v) is 9.47. The zero-order chi connectivity index (χ0) is 22.0. The highest BCUT2D eigenvalue weighted by atomic mass is 16.3. The molecular formula is C25H32N4O2. The Morgan fingerprint density at radius 1 is 1.19 bits per heavy atom. The van der Waals surface area contributed by atoms with Crippen molar-refractivity contribution in [1.29, 1.82) is 0 Å².